The van der Waals surface area contributed by atoms with Crippen LogP contribution >= 0.6 is 11.6 Å². The Labute approximate surface area is 193 Å². The molecule has 0 aromatic heterocycles. The van der Waals surface area contributed by atoms with Crippen LogP contribution in [-0.4, -0.2) is 24.3 Å². The number of halogens is 1. The third kappa shape index (κ3) is 7.54. The number of carbonyl (C=O) groups is 3. The van der Waals surface area contributed by atoms with E-state index in [0.29, 0.717) is 24.4 Å². The summed E-state index contributed by atoms with van der Waals surface area (Å²) in [5.41, 5.74) is 1.74. The first-order valence-corrected chi connectivity index (χ1v) is 11.1. The highest BCUT2D eigenvalue weighted by atomic mass is 35.5. The summed E-state index contributed by atoms with van der Waals surface area (Å²) in [6.07, 6.45) is 4.41. The van der Waals surface area contributed by atoms with Crippen LogP contribution in [0.4, 0.5) is 0 Å². The van der Waals surface area contributed by atoms with Crippen molar-refractivity contribution in [2.45, 2.75) is 38.3 Å². The Bertz CT molecular complexity index is 944. The Morgan fingerprint density at radius 3 is 2.56 bits per heavy atom. The Morgan fingerprint density at radius 2 is 1.81 bits per heavy atom. The Morgan fingerprint density at radius 1 is 1.06 bits per heavy atom. The quantitative estimate of drug-likeness (QED) is 0.526. The number of hydrogen-bond donors (Lipinski definition) is 2. The van der Waals surface area contributed by atoms with Gasteiger partial charge < -0.3 is 15.4 Å². The van der Waals surface area contributed by atoms with E-state index in [1.54, 1.807) is 12.1 Å². The summed E-state index contributed by atoms with van der Waals surface area (Å²) in [4.78, 5) is 37.5. The van der Waals surface area contributed by atoms with Gasteiger partial charge in [-0.05, 0) is 36.1 Å². The molecule has 0 aliphatic carbocycles. The van der Waals surface area contributed by atoms with Crippen LogP contribution in [0, 0.1) is 5.92 Å². The minimum atomic E-state index is -0.574. The Kier molecular flexibility index (Phi) is 8.87. The molecule has 168 valence electrons. The standard InChI is InChI=1S/C25H27ClN2O4/c26-21-13-11-18(12-14-21)16-27-23(29)15-20-9-5-2-6-10-24(30)32-22(17-28-25(20)31)19-7-3-1-4-8-19/h1-5,7-8,11-14,20,22H,6,9-10,15-17H2,(H,27,29)(H,28,31)/b5-2+/t20-,22-/m0/s1. The molecule has 0 radical (unpaired) electrons. The third-order valence-corrected chi connectivity index (χ3v) is 5.47. The lowest BCUT2D eigenvalue weighted by molar-refractivity contribution is -0.150. The maximum Gasteiger partial charge on any atom is 0.306 e. The van der Waals surface area contributed by atoms with Gasteiger partial charge in [0.15, 0.2) is 0 Å². The predicted octanol–water partition coefficient (Wildman–Crippen LogP) is 4.10. The molecule has 2 N–H and O–H groups in total. The Balaban J connectivity index is 1.62. The smallest absolute Gasteiger partial charge is 0.306 e. The van der Waals surface area contributed by atoms with Crippen LogP contribution in [0.5, 0.6) is 0 Å². The number of amides is 2. The molecular formula is C25H27ClN2O4. The van der Waals surface area contributed by atoms with Gasteiger partial charge in [-0.25, -0.2) is 0 Å². The van der Waals surface area contributed by atoms with Crippen LogP contribution < -0.4 is 10.6 Å². The van der Waals surface area contributed by atoms with E-state index in [0.717, 1.165) is 11.1 Å². The van der Waals surface area contributed by atoms with Gasteiger partial charge in [0.2, 0.25) is 11.8 Å². The molecule has 1 heterocycles. The van der Waals surface area contributed by atoms with Crippen LogP contribution in [0.2, 0.25) is 5.02 Å². The molecule has 6 nitrogen and oxygen atoms in total. The first-order valence-electron chi connectivity index (χ1n) is 10.7. The van der Waals surface area contributed by atoms with E-state index in [1.807, 2.05) is 54.6 Å². The monoisotopic (exact) mass is 454 g/mol. The summed E-state index contributed by atoms with van der Waals surface area (Å²) in [5.74, 6) is -1.26. The van der Waals surface area contributed by atoms with E-state index >= 15 is 0 Å². The Hall–Kier alpha value is -3.12. The van der Waals surface area contributed by atoms with E-state index < -0.39 is 12.0 Å². The summed E-state index contributed by atoms with van der Waals surface area (Å²) in [5, 5.41) is 6.35. The molecule has 2 aromatic carbocycles. The van der Waals surface area contributed by atoms with Crippen molar-refractivity contribution >= 4 is 29.4 Å². The molecule has 2 amide bonds. The van der Waals surface area contributed by atoms with Gasteiger partial charge in [0.05, 0.1) is 12.5 Å². The first-order chi connectivity index (χ1) is 15.5. The van der Waals surface area contributed by atoms with Crippen molar-refractivity contribution in [1.29, 1.82) is 0 Å². The SMILES string of the molecule is O=C(C[C@@H]1C/C=C/CCC(=O)O[C@H](c2ccccc2)CNC1=O)NCc1ccc(Cl)cc1. The van der Waals surface area contributed by atoms with E-state index in [1.165, 1.54) is 0 Å². The van der Waals surface area contributed by atoms with Gasteiger partial charge in [0.1, 0.15) is 6.10 Å². The van der Waals surface area contributed by atoms with Gasteiger partial charge in [-0.2, -0.15) is 0 Å². The highest BCUT2D eigenvalue weighted by Gasteiger charge is 2.24. The molecule has 32 heavy (non-hydrogen) atoms. The lowest BCUT2D eigenvalue weighted by atomic mass is 9.98. The van der Waals surface area contributed by atoms with Gasteiger partial charge in [0.25, 0.3) is 0 Å². The summed E-state index contributed by atoms with van der Waals surface area (Å²) < 4.78 is 5.59. The molecule has 0 unspecified atom stereocenters. The second-order valence-electron chi connectivity index (χ2n) is 7.68. The molecule has 0 saturated carbocycles. The average Bonchev–Trinajstić information content (AvgIpc) is 2.80. The van der Waals surface area contributed by atoms with Gasteiger partial charge in [-0.1, -0.05) is 66.2 Å². The van der Waals surface area contributed by atoms with Crippen molar-refractivity contribution in [2.24, 2.45) is 5.92 Å². The number of ether oxygens (including phenoxy) is 1. The summed E-state index contributed by atoms with van der Waals surface area (Å²) in [6.45, 7) is 0.521. The maximum absolute atomic E-state index is 12.9. The lowest BCUT2D eigenvalue weighted by Crippen LogP contribution is -2.37. The molecule has 2 aromatic rings. The zero-order chi connectivity index (χ0) is 22.8. The molecule has 0 saturated heterocycles. The molecular weight excluding hydrogens is 428 g/mol. The fourth-order valence-corrected chi connectivity index (χ4v) is 3.54. The summed E-state index contributed by atoms with van der Waals surface area (Å²) in [7, 11) is 0. The van der Waals surface area contributed by atoms with Crippen LogP contribution in [-0.2, 0) is 25.7 Å². The highest BCUT2D eigenvalue weighted by Crippen LogP contribution is 2.19. The zero-order valence-electron chi connectivity index (χ0n) is 17.8. The zero-order valence-corrected chi connectivity index (χ0v) is 18.5. The molecule has 3 rings (SSSR count). The van der Waals surface area contributed by atoms with Crippen LogP contribution in [0.1, 0.15) is 42.9 Å². The molecule has 0 bridgehead atoms. The number of carbonyl (C=O) groups excluding carboxylic acids is 3. The van der Waals surface area contributed by atoms with Gasteiger partial charge in [-0.3, -0.25) is 14.4 Å². The van der Waals surface area contributed by atoms with Gasteiger partial charge in [0, 0.05) is 24.4 Å². The second-order valence-corrected chi connectivity index (χ2v) is 8.12. The van der Waals surface area contributed by atoms with Crippen molar-refractivity contribution in [3.8, 4) is 0 Å². The topological polar surface area (TPSA) is 84.5 Å². The lowest BCUT2D eigenvalue weighted by Gasteiger charge is -2.21. The number of esters is 1. The fourth-order valence-electron chi connectivity index (χ4n) is 3.41. The van der Waals surface area contributed by atoms with Gasteiger partial charge >= 0.3 is 5.97 Å². The van der Waals surface area contributed by atoms with E-state index in [-0.39, 0.29) is 37.2 Å². The van der Waals surface area contributed by atoms with E-state index in [9.17, 15) is 14.4 Å². The molecule has 2 atom stereocenters. The average molecular weight is 455 g/mol. The van der Waals surface area contributed by atoms with Crippen molar-refractivity contribution in [3.05, 3.63) is 82.9 Å². The predicted molar refractivity (Wildman–Crippen MR) is 123 cm³/mol. The fraction of sp³-hybridized carbons (Fsp3) is 0.320. The van der Waals surface area contributed by atoms with Crippen LogP contribution in [0.15, 0.2) is 66.7 Å². The van der Waals surface area contributed by atoms with Gasteiger partial charge in [-0.15, -0.1) is 0 Å². The first kappa shape index (κ1) is 23.5. The van der Waals surface area contributed by atoms with Crippen molar-refractivity contribution in [3.63, 3.8) is 0 Å². The van der Waals surface area contributed by atoms with Crippen LogP contribution in [0.25, 0.3) is 0 Å². The largest absolute Gasteiger partial charge is 0.456 e. The maximum atomic E-state index is 12.9. The second kappa shape index (κ2) is 12.1. The number of benzene rings is 2. The summed E-state index contributed by atoms with van der Waals surface area (Å²) >= 11 is 5.89. The van der Waals surface area contributed by atoms with E-state index in [4.69, 9.17) is 16.3 Å². The van der Waals surface area contributed by atoms with Crippen molar-refractivity contribution in [2.75, 3.05) is 6.54 Å². The van der Waals surface area contributed by atoms with Crippen LogP contribution in [0.3, 0.4) is 0 Å². The minimum Gasteiger partial charge on any atom is -0.456 e. The third-order valence-electron chi connectivity index (χ3n) is 5.21. The summed E-state index contributed by atoms with van der Waals surface area (Å²) in [6, 6.07) is 16.5. The number of allylic oxidation sites excluding steroid dienone is 2. The number of nitrogens with one attached hydrogen (secondary N) is 2. The molecule has 0 fully saturated rings. The highest BCUT2D eigenvalue weighted by molar-refractivity contribution is 6.30. The molecule has 7 heteroatoms. The van der Waals surface area contributed by atoms with Crippen molar-refractivity contribution < 1.29 is 19.1 Å². The number of cyclic esters (lactones) is 1. The molecule has 0 spiro atoms. The number of hydrogen-bond acceptors (Lipinski definition) is 4. The molecule has 1 aliphatic heterocycles. The number of rotatable bonds is 5. The minimum absolute atomic E-state index is 0.0690. The molecule has 1 aliphatic rings. The van der Waals surface area contributed by atoms with E-state index in [2.05, 4.69) is 10.6 Å². The van der Waals surface area contributed by atoms with Crippen molar-refractivity contribution in [1.82, 2.24) is 10.6 Å². The normalized spacial score (nSPS) is 20.8.